The molecule has 1 N–H and O–H groups in total. The molecule has 0 radical (unpaired) electrons. The zero-order chi connectivity index (χ0) is 26.0. The molecule has 2 amide bonds. The molecule has 8 heteroatoms. The van der Waals surface area contributed by atoms with Gasteiger partial charge in [-0.2, -0.15) is 0 Å². The van der Waals surface area contributed by atoms with Crippen LogP contribution >= 0.6 is 11.8 Å². The summed E-state index contributed by atoms with van der Waals surface area (Å²) in [7, 11) is 0. The second-order valence-corrected chi connectivity index (χ2v) is 13.1. The quantitative estimate of drug-likeness (QED) is 0.247. The van der Waals surface area contributed by atoms with Crippen LogP contribution in [0.2, 0.25) is 0 Å². The number of unbranched alkanes of at least 4 members (excludes halogenated alkanes) is 3. The van der Waals surface area contributed by atoms with E-state index < -0.39 is 32.9 Å². The first-order chi connectivity index (χ1) is 16.5. The molecule has 3 saturated heterocycles. The van der Waals surface area contributed by atoms with E-state index in [-0.39, 0.29) is 31.0 Å². The lowest BCUT2D eigenvalue weighted by Crippen LogP contribution is -2.58. The highest BCUT2D eigenvalue weighted by Crippen LogP contribution is 2.71. The highest BCUT2D eigenvalue weighted by molar-refractivity contribution is 8.02. The number of carbonyl (C=O) groups is 3. The molecule has 0 saturated carbocycles. The first-order valence-electron chi connectivity index (χ1n) is 12.8. The normalized spacial score (nSPS) is 31.4. The number of fused-ring (bicyclic) bond motifs is 1. The van der Waals surface area contributed by atoms with Gasteiger partial charge < -0.3 is 19.6 Å². The number of amides is 2. The number of carbonyl (C=O) groups excluding carboxylic acids is 3. The maximum absolute atomic E-state index is 14.3. The molecule has 3 rings (SSSR count). The second-order valence-electron chi connectivity index (χ2n) is 11.2. The Balaban J connectivity index is 2.00. The number of esters is 1. The largest absolute Gasteiger partial charge is 0.461 e. The lowest BCUT2D eigenvalue weighted by atomic mass is 9.66. The second kappa shape index (κ2) is 10.7. The van der Waals surface area contributed by atoms with Gasteiger partial charge in [0.2, 0.25) is 11.8 Å². The molecular weight excluding hydrogens is 464 g/mol. The highest BCUT2D eigenvalue weighted by atomic mass is 32.2. The van der Waals surface area contributed by atoms with Crippen molar-refractivity contribution in [2.45, 2.75) is 87.3 Å². The smallest absolute Gasteiger partial charge is 0.311 e. The van der Waals surface area contributed by atoms with Gasteiger partial charge in [0.15, 0.2) is 0 Å². The van der Waals surface area contributed by atoms with Gasteiger partial charge in [-0.05, 0) is 53.4 Å². The number of ether oxygens (including phenoxy) is 1. The first-order valence-corrected chi connectivity index (χ1v) is 13.6. The number of thioether (sulfide) groups is 1. The van der Waals surface area contributed by atoms with Crippen molar-refractivity contribution >= 4 is 29.5 Å². The molecule has 0 aromatic rings. The van der Waals surface area contributed by atoms with Crippen molar-refractivity contribution in [1.82, 2.24) is 9.80 Å². The van der Waals surface area contributed by atoms with Gasteiger partial charge >= 0.3 is 5.97 Å². The Bertz CT molecular complexity index is 855. The lowest BCUT2D eigenvalue weighted by Gasteiger charge is -2.42. The van der Waals surface area contributed by atoms with Gasteiger partial charge in [-0.3, -0.25) is 14.4 Å². The van der Waals surface area contributed by atoms with Crippen molar-refractivity contribution in [2.24, 2.45) is 11.8 Å². The zero-order valence-corrected chi connectivity index (χ0v) is 22.6. The van der Waals surface area contributed by atoms with E-state index >= 15 is 0 Å². The van der Waals surface area contributed by atoms with Gasteiger partial charge in [-0.25, -0.2) is 0 Å². The molecule has 3 aliphatic heterocycles. The summed E-state index contributed by atoms with van der Waals surface area (Å²) in [6.07, 6.45) is 7.97. The van der Waals surface area contributed by atoms with Crippen molar-refractivity contribution in [1.29, 1.82) is 0 Å². The Hall–Kier alpha value is -1.80. The molecule has 3 fully saturated rings. The third kappa shape index (κ3) is 4.93. The van der Waals surface area contributed by atoms with Gasteiger partial charge in [0.25, 0.3) is 0 Å². The summed E-state index contributed by atoms with van der Waals surface area (Å²) in [5.41, 5.74) is -0.441. The van der Waals surface area contributed by atoms with Crippen LogP contribution in [0.25, 0.3) is 0 Å². The minimum atomic E-state index is -0.642. The lowest BCUT2D eigenvalue weighted by molar-refractivity contribution is -0.154. The average molecular weight is 507 g/mol. The Labute approximate surface area is 214 Å². The summed E-state index contributed by atoms with van der Waals surface area (Å²) >= 11 is 1.66. The van der Waals surface area contributed by atoms with Crippen LogP contribution in [0.15, 0.2) is 25.3 Å². The molecule has 0 aliphatic carbocycles. The molecule has 196 valence electrons. The topological polar surface area (TPSA) is 87.1 Å². The van der Waals surface area contributed by atoms with Crippen LogP contribution in [0.4, 0.5) is 0 Å². The van der Waals surface area contributed by atoms with Gasteiger partial charge in [-0.15, -0.1) is 18.3 Å². The number of aliphatic hydroxyl groups is 1. The fourth-order valence-electron chi connectivity index (χ4n) is 6.25. The monoisotopic (exact) mass is 506 g/mol. The number of nitrogens with zero attached hydrogens (tertiary/aromatic N) is 2. The van der Waals surface area contributed by atoms with Crippen LogP contribution in [0.3, 0.4) is 0 Å². The molecular formula is C27H42N2O5S. The van der Waals surface area contributed by atoms with E-state index in [2.05, 4.69) is 13.2 Å². The number of hydrogen-bond acceptors (Lipinski definition) is 6. The molecule has 2 bridgehead atoms. The molecule has 35 heavy (non-hydrogen) atoms. The Morgan fingerprint density at radius 1 is 1.20 bits per heavy atom. The standard InChI is InChI=1S/C27H42N2O5S/c1-7-15-29(25(3,4)5)23(32)21-27-14-13-26(6,35-27)20(24(33)34-18-8-2)19(27)22(31)28(21)16-11-9-10-12-17-30/h7-8,19-21,30H,1-2,9-18H2,3-6H3/t19-,20-,21?,26+,27?/m0/s1. The third-order valence-electron chi connectivity index (χ3n) is 7.80. The van der Waals surface area contributed by atoms with Gasteiger partial charge in [0.1, 0.15) is 12.6 Å². The van der Waals surface area contributed by atoms with E-state index in [0.29, 0.717) is 13.1 Å². The highest BCUT2D eigenvalue weighted by Gasteiger charge is 2.77. The van der Waals surface area contributed by atoms with E-state index in [9.17, 15) is 14.4 Å². The number of rotatable bonds is 12. The van der Waals surface area contributed by atoms with Crippen LogP contribution in [0.5, 0.6) is 0 Å². The summed E-state index contributed by atoms with van der Waals surface area (Å²) in [6.45, 7) is 16.6. The minimum Gasteiger partial charge on any atom is -0.461 e. The number of likely N-dealkylation sites (tertiary alicyclic amines) is 1. The Kier molecular flexibility index (Phi) is 8.47. The average Bonchev–Trinajstić information content (AvgIpc) is 3.35. The molecule has 0 aromatic carbocycles. The Morgan fingerprint density at radius 2 is 1.89 bits per heavy atom. The van der Waals surface area contributed by atoms with Gasteiger partial charge in [0, 0.05) is 30.0 Å². The fourth-order valence-corrected chi connectivity index (χ4v) is 8.59. The van der Waals surface area contributed by atoms with Crippen molar-refractivity contribution < 1.29 is 24.2 Å². The van der Waals surface area contributed by atoms with Crippen LogP contribution in [0, 0.1) is 11.8 Å². The van der Waals surface area contributed by atoms with Gasteiger partial charge in [-0.1, -0.05) is 31.6 Å². The van der Waals surface area contributed by atoms with Crippen molar-refractivity contribution in [3.8, 4) is 0 Å². The molecule has 0 aromatic heterocycles. The first kappa shape index (κ1) is 27.8. The number of aliphatic hydroxyl groups excluding tert-OH is 1. The van der Waals surface area contributed by atoms with Crippen molar-refractivity contribution in [2.75, 3.05) is 26.3 Å². The summed E-state index contributed by atoms with van der Waals surface area (Å²) < 4.78 is 4.39. The van der Waals surface area contributed by atoms with Crippen LogP contribution in [-0.4, -0.2) is 80.1 Å². The van der Waals surface area contributed by atoms with E-state index in [0.717, 1.165) is 38.5 Å². The van der Waals surface area contributed by atoms with E-state index in [4.69, 9.17) is 9.84 Å². The summed E-state index contributed by atoms with van der Waals surface area (Å²) in [4.78, 5) is 45.1. The third-order valence-corrected chi connectivity index (χ3v) is 9.79. The predicted molar refractivity (Wildman–Crippen MR) is 139 cm³/mol. The molecule has 5 atom stereocenters. The summed E-state index contributed by atoms with van der Waals surface area (Å²) in [5.74, 6) is -1.68. The SMILES string of the molecule is C=CCOC(=O)[C@@H]1[C@H]2C(=O)N(CCCCCCO)C(C(=O)N(CC=C)C(C)(C)C)C23CC[C@@]1(C)S3. The molecule has 3 aliphatic rings. The van der Waals surface area contributed by atoms with Crippen molar-refractivity contribution in [3.05, 3.63) is 25.3 Å². The molecule has 3 heterocycles. The van der Waals surface area contributed by atoms with E-state index in [1.165, 1.54) is 6.08 Å². The maximum Gasteiger partial charge on any atom is 0.311 e. The van der Waals surface area contributed by atoms with Crippen LogP contribution in [-0.2, 0) is 19.1 Å². The van der Waals surface area contributed by atoms with E-state index in [1.807, 2.05) is 32.6 Å². The van der Waals surface area contributed by atoms with Crippen LogP contribution < -0.4 is 0 Å². The van der Waals surface area contributed by atoms with Crippen molar-refractivity contribution in [3.63, 3.8) is 0 Å². The van der Waals surface area contributed by atoms with E-state index in [1.54, 1.807) is 22.7 Å². The Morgan fingerprint density at radius 3 is 2.49 bits per heavy atom. The zero-order valence-electron chi connectivity index (χ0n) is 21.8. The fraction of sp³-hybridized carbons (Fsp3) is 0.741. The summed E-state index contributed by atoms with van der Waals surface area (Å²) in [6, 6.07) is -0.624. The van der Waals surface area contributed by atoms with Gasteiger partial charge in [0.05, 0.1) is 16.6 Å². The predicted octanol–water partition coefficient (Wildman–Crippen LogP) is 3.56. The number of hydrogen-bond donors (Lipinski definition) is 1. The summed E-state index contributed by atoms with van der Waals surface area (Å²) in [5, 5.41) is 9.09. The maximum atomic E-state index is 14.3. The molecule has 7 nitrogen and oxygen atoms in total. The van der Waals surface area contributed by atoms with Crippen LogP contribution in [0.1, 0.15) is 66.2 Å². The molecule has 2 unspecified atom stereocenters. The minimum absolute atomic E-state index is 0.0690. The molecule has 1 spiro atoms.